The summed E-state index contributed by atoms with van der Waals surface area (Å²) in [5.41, 5.74) is 0.935. The second-order valence-electron chi connectivity index (χ2n) is 5.59. The molecule has 2 nitrogen and oxygen atoms in total. The minimum atomic E-state index is -0.223. The van der Waals surface area contributed by atoms with Crippen molar-refractivity contribution in [3.63, 3.8) is 0 Å². The van der Waals surface area contributed by atoms with Gasteiger partial charge in [0.25, 0.3) is 5.24 Å². The number of carbonyl (C=O) groups is 1. The molecule has 1 aliphatic rings. The van der Waals surface area contributed by atoms with Gasteiger partial charge in [-0.15, -0.1) is 11.6 Å². The number of thioether (sulfide) groups is 1. The molecule has 0 saturated carbocycles. The summed E-state index contributed by atoms with van der Waals surface area (Å²) in [6, 6.07) is 7.85. The molecule has 1 atom stereocenters. The van der Waals surface area contributed by atoms with Crippen molar-refractivity contribution in [3.8, 4) is 0 Å². The van der Waals surface area contributed by atoms with E-state index in [0.717, 1.165) is 54.4 Å². The Kier molecular flexibility index (Phi) is 6.27. The van der Waals surface area contributed by atoms with Gasteiger partial charge in [-0.2, -0.15) is 0 Å². The van der Waals surface area contributed by atoms with Crippen molar-refractivity contribution in [2.24, 2.45) is 0 Å². The molecule has 1 fully saturated rings. The minimum absolute atomic E-state index is 0.185. The normalized spacial score (nSPS) is 22.0. The van der Waals surface area contributed by atoms with Crippen LogP contribution in [0.1, 0.15) is 38.2 Å². The number of hydrogen-bond acceptors (Lipinski definition) is 2. The van der Waals surface area contributed by atoms with Crippen molar-refractivity contribution in [1.82, 2.24) is 4.90 Å². The van der Waals surface area contributed by atoms with Crippen LogP contribution >= 0.6 is 35.0 Å². The molecule has 0 N–H and O–H groups in total. The number of hydrogen-bond donors (Lipinski definition) is 0. The molecule has 1 aliphatic heterocycles. The fourth-order valence-corrected chi connectivity index (χ4v) is 4.15. The topological polar surface area (TPSA) is 20.3 Å². The number of amides is 1. The molecule has 1 aromatic rings. The first-order valence-electron chi connectivity index (χ1n) is 7.34. The molecular weight excluding hydrogens is 325 g/mol. The molecule has 1 aromatic carbocycles. The van der Waals surface area contributed by atoms with Gasteiger partial charge in [0.1, 0.15) is 0 Å². The summed E-state index contributed by atoms with van der Waals surface area (Å²) in [5.74, 6) is 1.52. The Morgan fingerprint density at radius 3 is 2.52 bits per heavy atom. The van der Waals surface area contributed by atoms with E-state index in [4.69, 9.17) is 23.2 Å². The Bertz CT molecular complexity index is 480. The van der Waals surface area contributed by atoms with Gasteiger partial charge in [-0.1, -0.05) is 48.3 Å². The lowest BCUT2D eigenvalue weighted by Gasteiger charge is -2.35. The van der Waals surface area contributed by atoms with E-state index in [2.05, 4.69) is 6.92 Å². The van der Waals surface area contributed by atoms with E-state index in [9.17, 15) is 4.79 Å². The van der Waals surface area contributed by atoms with Crippen LogP contribution in [0.5, 0.6) is 0 Å². The molecule has 21 heavy (non-hydrogen) atoms. The Hall–Kier alpha value is -0.380. The highest BCUT2D eigenvalue weighted by Gasteiger charge is 2.43. The van der Waals surface area contributed by atoms with Crippen LogP contribution in [0.25, 0.3) is 0 Å². The van der Waals surface area contributed by atoms with Crippen molar-refractivity contribution < 1.29 is 4.79 Å². The first kappa shape index (κ1) is 17.0. The third-order valence-corrected chi connectivity index (χ3v) is 5.72. The standard InChI is InChI=1S/C16H21Cl2NOS/c1-16(13-6-8-14(18)9-7-13)12-21-15(20)19(16)11-5-3-2-4-10-17/h6-9H,2-5,10-12H2,1H3. The average Bonchev–Trinajstić information content (AvgIpc) is 2.77. The van der Waals surface area contributed by atoms with Gasteiger partial charge in [-0.3, -0.25) is 4.79 Å². The average molecular weight is 346 g/mol. The van der Waals surface area contributed by atoms with E-state index >= 15 is 0 Å². The van der Waals surface area contributed by atoms with Crippen molar-refractivity contribution in [2.45, 2.75) is 38.1 Å². The van der Waals surface area contributed by atoms with Crippen LogP contribution in [-0.4, -0.2) is 28.3 Å². The van der Waals surface area contributed by atoms with Crippen LogP contribution in [0.2, 0.25) is 5.02 Å². The zero-order chi connectivity index (χ0) is 15.3. The van der Waals surface area contributed by atoms with Gasteiger partial charge in [-0.05, 0) is 37.5 Å². The lowest BCUT2D eigenvalue weighted by molar-refractivity contribution is 0.165. The monoisotopic (exact) mass is 345 g/mol. The number of halogens is 2. The maximum absolute atomic E-state index is 12.2. The van der Waals surface area contributed by atoms with Crippen LogP contribution in [0.4, 0.5) is 4.79 Å². The molecule has 1 saturated heterocycles. The third kappa shape index (κ3) is 4.08. The highest BCUT2D eigenvalue weighted by atomic mass is 35.5. The van der Waals surface area contributed by atoms with E-state index in [0.29, 0.717) is 0 Å². The second kappa shape index (κ2) is 7.75. The number of benzene rings is 1. The minimum Gasteiger partial charge on any atom is -0.323 e. The Morgan fingerprint density at radius 2 is 1.86 bits per heavy atom. The third-order valence-electron chi connectivity index (χ3n) is 4.02. The number of carbonyl (C=O) groups excluding carboxylic acids is 1. The molecule has 0 spiro atoms. The maximum Gasteiger partial charge on any atom is 0.282 e. The lowest BCUT2D eigenvalue weighted by Crippen LogP contribution is -2.42. The number of nitrogens with zero attached hydrogens (tertiary/aromatic N) is 1. The predicted octanol–water partition coefficient (Wildman–Crippen LogP) is 5.52. The van der Waals surface area contributed by atoms with Crippen molar-refractivity contribution in [3.05, 3.63) is 34.9 Å². The van der Waals surface area contributed by atoms with E-state index in [1.807, 2.05) is 29.2 Å². The van der Waals surface area contributed by atoms with Gasteiger partial charge >= 0.3 is 0 Å². The number of unbranched alkanes of at least 4 members (excludes halogenated alkanes) is 3. The summed E-state index contributed by atoms with van der Waals surface area (Å²) in [4.78, 5) is 14.2. The summed E-state index contributed by atoms with van der Waals surface area (Å²) in [6.07, 6.45) is 4.35. The first-order chi connectivity index (χ1) is 10.1. The molecule has 0 radical (unpaired) electrons. The van der Waals surface area contributed by atoms with Crippen molar-refractivity contribution in [2.75, 3.05) is 18.2 Å². The molecule has 0 aliphatic carbocycles. The molecule has 5 heteroatoms. The summed E-state index contributed by atoms with van der Waals surface area (Å²) in [5, 5.41) is 0.914. The highest BCUT2D eigenvalue weighted by molar-refractivity contribution is 8.13. The Balaban J connectivity index is 2.03. The summed E-state index contributed by atoms with van der Waals surface area (Å²) < 4.78 is 0. The Labute approximate surface area is 141 Å². The van der Waals surface area contributed by atoms with E-state index in [-0.39, 0.29) is 10.8 Å². The van der Waals surface area contributed by atoms with Gasteiger partial charge in [0.2, 0.25) is 0 Å². The summed E-state index contributed by atoms with van der Waals surface area (Å²) in [7, 11) is 0. The molecule has 116 valence electrons. The van der Waals surface area contributed by atoms with Gasteiger partial charge in [0, 0.05) is 23.2 Å². The van der Waals surface area contributed by atoms with E-state index in [1.165, 1.54) is 11.8 Å². The molecule has 2 rings (SSSR count). The lowest BCUT2D eigenvalue weighted by atomic mass is 9.92. The van der Waals surface area contributed by atoms with Crippen molar-refractivity contribution in [1.29, 1.82) is 0 Å². The van der Waals surface area contributed by atoms with Crippen LogP contribution in [-0.2, 0) is 5.54 Å². The number of rotatable bonds is 7. The zero-order valence-corrected chi connectivity index (χ0v) is 14.6. The summed E-state index contributed by atoms with van der Waals surface area (Å²) in [6.45, 7) is 2.96. The maximum atomic E-state index is 12.2. The van der Waals surface area contributed by atoms with Crippen LogP contribution in [0.3, 0.4) is 0 Å². The second-order valence-corrected chi connectivity index (χ2v) is 7.33. The largest absolute Gasteiger partial charge is 0.323 e. The van der Waals surface area contributed by atoms with Gasteiger partial charge in [-0.25, -0.2) is 0 Å². The van der Waals surface area contributed by atoms with Gasteiger partial charge in [0.15, 0.2) is 0 Å². The van der Waals surface area contributed by atoms with E-state index in [1.54, 1.807) is 0 Å². The predicted molar refractivity (Wildman–Crippen MR) is 92.6 cm³/mol. The molecule has 0 aromatic heterocycles. The fraction of sp³-hybridized carbons (Fsp3) is 0.562. The molecule has 1 heterocycles. The van der Waals surface area contributed by atoms with Crippen LogP contribution in [0, 0.1) is 0 Å². The highest BCUT2D eigenvalue weighted by Crippen LogP contribution is 2.41. The summed E-state index contributed by atoms with van der Waals surface area (Å²) >= 11 is 13.1. The fourth-order valence-electron chi connectivity index (χ4n) is 2.66. The zero-order valence-electron chi connectivity index (χ0n) is 12.3. The molecule has 1 amide bonds. The quantitative estimate of drug-likeness (QED) is 0.478. The molecule has 1 unspecified atom stereocenters. The van der Waals surface area contributed by atoms with Gasteiger partial charge in [0.05, 0.1) is 5.54 Å². The molecular formula is C16H21Cl2NOS. The first-order valence-corrected chi connectivity index (χ1v) is 9.24. The van der Waals surface area contributed by atoms with E-state index < -0.39 is 0 Å². The SMILES string of the molecule is CC1(c2ccc(Cl)cc2)CSC(=O)N1CCCCCCCl. The molecule has 0 bridgehead atoms. The number of alkyl halides is 1. The van der Waals surface area contributed by atoms with Crippen molar-refractivity contribution >= 4 is 40.2 Å². The smallest absolute Gasteiger partial charge is 0.282 e. The Morgan fingerprint density at radius 1 is 1.19 bits per heavy atom. The van der Waals surface area contributed by atoms with Crippen LogP contribution < -0.4 is 0 Å². The van der Waals surface area contributed by atoms with Gasteiger partial charge < -0.3 is 4.90 Å². The van der Waals surface area contributed by atoms with Crippen LogP contribution in [0.15, 0.2) is 24.3 Å².